The molecule has 7 heteroatoms. The van der Waals surface area contributed by atoms with Gasteiger partial charge in [0.25, 0.3) is 10.0 Å². The van der Waals surface area contributed by atoms with E-state index >= 15 is 0 Å². The lowest BCUT2D eigenvalue weighted by Gasteiger charge is -2.33. The summed E-state index contributed by atoms with van der Waals surface area (Å²) in [5.41, 5.74) is 0.601. The minimum Gasteiger partial charge on any atom is -0.340 e. The third-order valence-electron chi connectivity index (χ3n) is 5.14. The van der Waals surface area contributed by atoms with Crippen molar-refractivity contribution in [2.45, 2.75) is 23.8 Å². The number of sulfonamides is 1. The van der Waals surface area contributed by atoms with Gasteiger partial charge in [0.05, 0.1) is 10.6 Å². The number of likely N-dealkylation sites (tertiary alicyclic amines) is 1. The Balaban J connectivity index is 1.66. The first-order chi connectivity index (χ1) is 12.0. The maximum atomic E-state index is 12.9. The zero-order valence-electron chi connectivity index (χ0n) is 14.1. The van der Waals surface area contributed by atoms with E-state index in [2.05, 4.69) is 5.32 Å². The van der Waals surface area contributed by atoms with E-state index < -0.39 is 10.0 Å². The topological polar surface area (TPSA) is 69.7 Å². The van der Waals surface area contributed by atoms with E-state index in [1.807, 2.05) is 25.2 Å². The number of benzene rings is 2. The lowest BCUT2D eigenvalue weighted by atomic mass is 10.1. The molecule has 1 unspecified atom stereocenters. The zero-order chi connectivity index (χ0) is 17.6. The van der Waals surface area contributed by atoms with Crippen LogP contribution in [0.2, 0.25) is 0 Å². The van der Waals surface area contributed by atoms with Gasteiger partial charge >= 0.3 is 0 Å². The highest BCUT2D eigenvalue weighted by Crippen LogP contribution is 2.41. The van der Waals surface area contributed by atoms with E-state index in [1.54, 1.807) is 23.1 Å². The summed E-state index contributed by atoms with van der Waals surface area (Å²) >= 11 is 0. The molecule has 25 heavy (non-hydrogen) atoms. The third kappa shape index (κ3) is 2.58. The van der Waals surface area contributed by atoms with Crippen LogP contribution in [-0.4, -0.2) is 51.9 Å². The Morgan fingerprint density at radius 3 is 2.76 bits per heavy atom. The smallest absolute Gasteiger partial charge is 0.265 e. The Bertz CT molecular complexity index is 936. The average Bonchev–Trinajstić information content (AvgIpc) is 2.85. The van der Waals surface area contributed by atoms with Crippen LogP contribution in [0.25, 0.3) is 10.8 Å². The predicted molar refractivity (Wildman–Crippen MR) is 97.1 cm³/mol. The maximum Gasteiger partial charge on any atom is 0.265 e. The van der Waals surface area contributed by atoms with Crippen molar-refractivity contribution in [2.24, 2.45) is 0 Å². The summed E-state index contributed by atoms with van der Waals surface area (Å²) in [6.45, 7) is 1.16. The molecule has 0 radical (unpaired) electrons. The molecular weight excluding hydrogens is 338 g/mol. The monoisotopic (exact) mass is 359 g/mol. The van der Waals surface area contributed by atoms with E-state index in [4.69, 9.17) is 0 Å². The van der Waals surface area contributed by atoms with Crippen molar-refractivity contribution in [1.82, 2.24) is 10.2 Å². The van der Waals surface area contributed by atoms with Crippen molar-refractivity contribution in [2.75, 3.05) is 31.0 Å². The summed E-state index contributed by atoms with van der Waals surface area (Å²) in [5.74, 6) is -0.145. The zero-order valence-corrected chi connectivity index (χ0v) is 14.9. The number of likely N-dealkylation sites (N-methyl/N-ethyl adjacent to an activating group) is 1. The van der Waals surface area contributed by atoms with Gasteiger partial charge in [0.15, 0.2) is 0 Å². The average molecular weight is 359 g/mol. The Hall–Kier alpha value is -2.12. The number of piperidine rings is 1. The molecule has 2 aromatic rings. The second-order valence-electron chi connectivity index (χ2n) is 6.61. The molecule has 1 fully saturated rings. The lowest BCUT2D eigenvalue weighted by molar-refractivity contribution is -0.130. The number of hydrogen-bond donors (Lipinski definition) is 1. The molecule has 1 N–H and O–H groups in total. The van der Waals surface area contributed by atoms with Crippen molar-refractivity contribution in [3.63, 3.8) is 0 Å². The minimum atomic E-state index is -3.68. The molecule has 0 spiro atoms. The van der Waals surface area contributed by atoms with Crippen LogP contribution in [0.1, 0.15) is 12.8 Å². The van der Waals surface area contributed by atoms with Gasteiger partial charge in [0, 0.05) is 24.5 Å². The van der Waals surface area contributed by atoms with E-state index in [9.17, 15) is 13.2 Å². The fourth-order valence-corrected chi connectivity index (χ4v) is 5.45. The number of amides is 1. The molecule has 1 atom stereocenters. The van der Waals surface area contributed by atoms with Crippen molar-refractivity contribution in [3.8, 4) is 0 Å². The first-order valence-electron chi connectivity index (χ1n) is 8.52. The Morgan fingerprint density at radius 2 is 2.00 bits per heavy atom. The fourth-order valence-electron chi connectivity index (χ4n) is 3.79. The first kappa shape index (κ1) is 16.4. The molecule has 1 saturated heterocycles. The van der Waals surface area contributed by atoms with Gasteiger partial charge in [0.2, 0.25) is 5.91 Å². The molecule has 2 aliphatic rings. The van der Waals surface area contributed by atoms with Crippen molar-refractivity contribution in [1.29, 1.82) is 0 Å². The van der Waals surface area contributed by atoms with E-state index in [0.717, 1.165) is 18.2 Å². The molecule has 132 valence electrons. The highest BCUT2D eigenvalue weighted by atomic mass is 32.2. The van der Waals surface area contributed by atoms with Gasteiger partial charge in [0.1, 0.15) is 6.54 Å². The van der Waals surface area contributed by atoms with Crippen molar-refractivity contribution in [3.05, 3.63) is 36.4 Å². The quantitative estimate of drug-likeness (QED) is 0.903. The van der Waals surface area contributed by atoms with Crippen molar-refractivity contribution < 1.29 is 13.2 Å². The number of anilines is 1. The van der Waals surface area contributed by atoms with E-state index in [0.29, 0.717) is 29.1 Å². The Kier molecular flexibility index (Phi) is 3.92. The van der Waals surface area contributed by atoms with Crippen LogP contribution in [0.3, 0.4) is 0 Å². The van der Waals surface area contributed by atoms with Crippen LogP contribution < -0.4 is 9.62 Å². The number of hydrogen-bond acceptors (Lipinski definition) is 4. The summed E-state index contributed by atoms with van der Waals surface area (Å²) in [4.78, 5) is 14.8. The summed E-state index contributed by atoms with van der Waals surface area (Å²) in [6.07, 6.45) is 1.97. The molecule has 0 saturated carbocycles. The maximum absolute atomic E-state index is 12.9. The SMILES string of the molecule is CNC1CCCN(C(=O)CN2c3cccc4cccc(c34)S2(=O)=O)C1. The second-order valence-corrected chi connectivity index (χ2v) is 8.44. The Labute approximate surface area is 147 Å². The highest BCUT2D eigenvalue weighted by molar-refractivity contribution is 7.93. The first-order valence-corrected chi connectivity index (χ1v) is 9.96. The molecule has 0 bridgehead atoms. The molecule has 2 heterocycles. The van der Waals surface area contributed by atoms with Crippen LogP contribution >= 0.6 is 0 Å². The molecule has 2 aliphatic heterocycles. The third-order valence-corrected chi connectivity index (χ3v) is 6.94. The van der Waals surface area contributed by atoms with Gasteiger partial charge in [-0.3, -0.25) is 9.10 Å². The van der Waals surface area contributed by atoms with Gasteiger partial charge in [-0.1, -0.05) is 24.3 Å². The van der Waals surface area contributed by atoms with Gasteiger partial charge in [-0.25, -0.2) is 8.42 Å². The normalized spacial score (nSPS) is 21.7. The van der Waals surface area contributed by atoms with Crippen LogP contribution in [0.15, 0.2) is 41.3 Å². The van der Waals surface area contributed by atoms with E-state index in [1.165, 1.54) is 4.31 Å². The van der Waals surface area contributed by atoms with Gasteiger partial charge in [-0.15, -0.1) is 0 Å². The van der Waals surface area contributed by atoms with Crippen LogP contribution in [0.5, 0.6) is 0 Å². The van der Waals surface area contributed by atoms with Crippen LogP contribution in [0, 0.1) is 0 Å². The molecule has 0 aliphatic carbocycles. The van der Waals surface area contributed by atoms with Gasteiger partial charge in [-0.2, -0.15) is 0 Å². The summed E-state index contributed by atoms with van der Waals surface area (Å²) in [5, 5.41) is 4.79. The molecule has 6 nitrogen and oxygen atoms in total. The fraction of sp³-hybridized carbons (Fsp3) is 0.389. The summed E-state index contributed by atoms with van der Waals surface area (Å²) in [7, 11) is -1.79. The number of nitrogens with zero attached hydrogens (tertiary/aromatic N) is 2. The molecule has 4 rings (SSSR count). The van der Waals surface area contributed by atoms with Crippen molar-refractivity contribution >= 4 is 32.4 Å². The highest BCUT2D eigenvalue weighted by Gasteiger charge is 2.37. The number of nitrogens with one attached hydrogen (secondary N) is 1. The lowest BCUT2D eigenvalue weighted by Crippen LogP contribution is -2.50. The largest absolute Gasteiger partial charge is 0.340 e. The molecule has 2 aromatic carbocycles. The predicted octanol–water partition coefficient (Wildman–Crippen LogP) is 1.56. The second kappa shape index (κ2) is 6.00. The molecule has 0 aromatic heterocycles. The van der Waals surface area contributed by atoms with Gasteiger partial charge < -0.3 is 10.2 Å². The van der Waals surface area contributed by atoms with E-state index in [-0.39, 0.29) is 18.5 Å². The van der Waals surface area contributed by atoms with Crippen LogP contribution in [0.4, 0.5) is 5.69 Å². The number of carbonyl (C=O) groups is 1. The number of rotatable bonds is 3. The van der Waals surface area contributed by atoms with Gasteiger partial charge in [-0.05, 0) is 37.4 Å². The molecular formula is C18H21N3O3S. The number of carbonyl (C=O) groups excluding carboxylic acids is 1. The standard InChI is InChI=1S/C18H21N3O3S/c1-19-14-7-4-10-20(11-14)17(22)12-21-15-8-2-5-13-6-3-9-16(18(13)15)25(21,23)24/h2-3,5-6,8-9,14,19H,4,7,10-12H2,1H3. The van der Waals surface area contributed by atoms with Crippen LogP contribution in [-0.2, 0) is 14.8 Å². The summed E-state index contributed by atoms with van der Waals surface area (Å²) in [6, 6.07) is 11.0. The Morgan fingerprint density at radius 1 is 1.24 bits per heavy atom. The minimum absolute atomic E-state index is 0.145. The molecule has 1 amide bonds. The summed E-state index contributed by atoms with van der Waals surface area (Å²) < 4.78 is 27.2.